The number of allylic oxidation sites excluding steroid dienone is 1. The zero-order valence-electron chi connectivity index (χ0n) is 59.2. The van der Waals surface area contributed by atoms with E-state index in [1.54, 1.807) is 32.5 Å². The van der Waals surface area contributed by atoms with Gasteiger partial charge in [-0.15, -0.1) is 0 Å². The lowest BCUT2D eigenvalue weighted by Gasteiger charge is -2.20. The number of ether oxygens (including phenoxy) is 1. The highest BCUT2D eigenvalue weighted by Gasteiger charge is 2.04. The summed E-state index contributed by atoms with van der Waals surface area (Å²) in [6.45, 7) is 42.3. The van der Waals surface area contributed by atoms with E-state index in [2.05, 4.69) is 67.1 Å². The summed E-state index contributed by atoms with van der Waals surface area (Å²) in [4.78, 5) is 38.4. The van der Waals surface area contributed by atoms with Crippen molar-refractivity contribution in [3.05, 3.63) is 187 Å². The molecule has 7 rings (SSSR count). The Morgan fingerprint density at radius 3 is 1.21 bits per heavy atom. The van der Waals surface area contributed by atoms with Gasteiger partial charge in [0.05, 0.1) is 11.4 Å². The highest BCUT2D eigenvalue weighted by atomic mass is 16.5. The average Bonchev–Trinajstić information content (AvgIpc) is 4.51. The van der Waals surface area contributed by atoms with Crippen LogP contribution in [0.15, 0.2) is 181 Å². The van der Waals surface area contributed by atoms with Gasteiger partial charge >= 0.3 is 0 Å². The number of methoxy groups -OCH3 is 1. The molecule has 1 fully saturated rings. The number of rotatable bonds is 11. The molecule has 85 heavy (non-hydrogen) atoms. The number of ketones is 2. The number of nitrogens with zero attached hydrogens (tertiary/aromatic N) is 5. The standard InChI is InChI=1S/C16H13N3.C11H13NO.C8H8O.C7H9N3.C5H14N2O.C3H6.3C3H8.7C2H6/c1-3-7-13(8-4-1)15-11-12-17-16(19-15)18-14-9-5-2-6-10-14;1-12(2)9-8-11(13)10-6-4-3-5-7-10;1-7(9)8-5-3-2-4-6-8;8-7(9)10-6-4-2-1-3-5-6;1-6-5(8-4)7(2)3;1-2-3-1;3*1-3-2;7*1-2/h1-12H,(H,17,18,19);3-9H,1-2H3;2-6H,1H3;1-5H,(H4,8,9,10);5-6H,1-4H3;1-3H2;3*3H2,1-2H3;7*1-2H3/b;9-8+;;;;;;;;;;;;;;. The number of guanidine groups is 1. The normalized spacial score (nSPS) is 9.18. The van der Waals surface area contributed by atoms with E-state index in [0.717, 1.165) is 33.8 Å². The fourth-order valence-corrected chi connectivity index (χ4v) is 4.67. The molecule has 1 heterocycles. The maximum Gasteiger partial charge on any atom is 0.227 e. The third kappa shape index (κ3) is 73.1. The Morgan fingerprint density at radius 2 is 0.918 bits per heavy atom. The van der Waals surface area contributed by atoms with Crippen LogP contribution in [0, 0.1) is 0 Å². The van der Waals surface area contributed by atoms with Gasteiger partial charge < -0.3 is 26.4 Å². The minimum absolute atomic E-state index is 0.0364. The molecule has 0 amide bonds. The van der Waals surface area contributed by atoms with Gasteiger partial charge in [0.1, 0.15) is 0 Å². The molecule has 6 N–H and O–H groups in total. The fourth-order valence-electron chi connectivity index (χ4n) is 4.67. The number of Topliss-reactive ketones (excluding diaryl/α,β-unsaturated/α-hetero) is 1. The monoisotopic (exact) mass is 1180 g/mol. The molecular formula is C73H129N9O3. The van der Waals surface area contributed by atoms with Crippen molar-refractivity contribution >= 4 is 34.8 Å². The van der Waals surface area contributed by atoms with Gasteiger partial charge in [-0.1, -0.05) is 304 Å². The van der Waals surface area contributed by atoms with Gasteiger partial charge in [-0.3, -0.25) is 19.8 Å². The smallest absolute Gasteiger partial charge is 0.227 e. The Kier molecular flexibility index (Phi) is 95.4. The molecule has 1 aromatic heterocycles. The number of aliphatic imine (C=N–C) groups is 1. The van der Waals surface area contributed by atoms with Crippen LogP contribution in [-0.2, 0) is 4.74 Å². The van der Waals surface area contributed by atoms with Gasteiger partial charge in [-0.2, -0.15) is 0 Å². The van der Waals surface area contributed by atoms with Crippen molar-refractivity contribution in [3.63, 3.8) is 0 Å². The molecule has 6 aromatic rings. The van der Waals surface area contributed by atoms with E-state index in [-0.39, 0.29) is 23.9 Å². The molecule has 1 aliphatic carbocycles. The van der Waals surface area contributed by atoms with Crippen molar-refractivity contribution < 1.29 is 14.3 Å². The summed E-state index contributed by atoms with van der Waals surface area (Å²) >= 11 is 0. The zero-order chi connectivity index (χ0) is 67.5. The fraction of sp³-hybridized carbons (Fsp3) is 0.466. The van der Waals surface area contributed by atoms with Crippen LogP contribution in [-0.4, -0.2) is 86.0 Å². The van der Waals surface area contributed by atoms with Gasteiger partial charge in [-0.05, 0) is 58.4 Å². The summed E-state index contributed by atoms with van der Waals surface area (Å²) in [5.41, 5.74) is 15.6. The summed E-state index contributed by atoms with van der Waals surface area (Å²) < 4.78 is 4.98. The van der Waals surface area contributed by atoms with Gasteiger partial charge in [0.25, 0.3) is 0 Å². The van der Waals surface area contributed by atoms with Crippen molar-refractivity contribution in [3.8, 4) is 11.3 Å². The molecule has 1 aliphatic rings. The number of nitrogens with two attached hydrogens (primary N) is 2. The highest BCUT2D eigenvalue weighted by Crippen LogP contribution is 2.19. The van der Waals surface area contributed by atoms with Gasteiger partial charge in [0.2, 0.25) is 5.95 Å². The predicted octanol–water partition coefficient (Wildman–Crippen LogP) is 20.6. The van der Waals surface area contributed by atoms with Crippen LogP contribution in [0.4, 0.5) is 17.3 Å². The van der Waals surface area contributed by atoms with Crippen LogP contribution in [0.25, 0.3) is 11.3 Å². The molecule has 0 spiro atoms. The number of anilines is 2. The molecule has 0 aliphatic heterocycles. The number of hydrogen-bond donors (Lipinski definition) is 4. The van der Waals surface area contributed by atoms with E-state index < -0.39 is 0 Å². The third-order valence-corrected chi connectivity index (χ3v) is 7.82. The Bertz CT molecular complexity index is 2180. The lowest BCUT2D eigenvalue weighted by Crippen LogP contribution is -2.40. The molecule has 0 bridgehead atoms. The summed E-state index contributed by atoms with van der Waals surface area (Å²) in [5, 5.41) is 6.15. The van der Waals surface area contributed by atoms with Crippen molar-refractivity contribution in [1.82, 2.24) is 25.1 Å². The Hall–Kier alpha value is -6.99. The van der Waals surface area contributed by atoms with E-state index in [1.165, 1.54) is 38.5 Å². The van der Waals surface area contributed by atoms with Crippen molar-refractivity contribution in [2.24, 2.45) is 16.5 Å². The number of hydrogen-bond acceptors (Lipinski definition) is 10. The first-order valence-electron chi connectivity index (χ1n) is 31.4. The van der Waals surface area contributed by atoms with Gasteiger partial charge in [0.15, 0.2) is 23.9 Å². The van der Waals surface area contributed by atoms with E-state index in [4.69, 9.17) is 16.2 Å². The summed E-state index contributed by atoms with van der Waals surface area (Å²) in [7, 11) is 11.2. The number of para-hydroxylation sites is 2. The largest absolute Gasteiger partial charge is 0.383 e. The average molecular weight is 1180 g/mol. The number of nitrogens with one attached hydrogen (secondary N) is 2. The molecule has 0 saturated heterocycles. The maximum atomic E-state index is 11.4. The van der Waals surface area contributed by atoms with Crippen molar-refractivity contribution in [2.75, 3.05) is 47.7 Å². The number of benzene rings is 5. The SMILES string of the molecule is C1CC1.CC.CC.CC.CC.CC.CC.CC.CC(=O)c1ccccc1.CCC.CCC.CCC.CN(C)/C=C/C(=O)c1ccccc1.CNC(OC)N(C)C.NC(N)=Nc1ccccc1.c1ccc(Nc2nccc(-c3ccccc3)n2)cc1. The van der Waals surface area contributed by atoms with Crippen LogP contribution in [0.2, 0.25) is 0 Å². The van der Waals surface area contributed by atoms with Gasteiger partial charge in [-0.25, -0.2) is 15.0 Å². The predicted molar refractivity (Wildman–Crippen MR) is 384 cm³/mol. The Labute approximate surface area is 524 Å². The summed E-state index contributed by atoms with van der Waals surface area (Å²) in [5.74, 6) is 0.851. The van der Waals surface area contributed by atoms with Crippen LogP contribution in [0.3, 0.4) is 0 Å². The summed E-state index contributed by atoms with van der Waals surface area (Å²) in [6, 6.07) is 49.7. The lowest BCUT2D eigenvalue weighted by atomic mass is 10.1. The molecule has 484 valence electrons. The minimum Gasteiger partial charge on any atom is -0.383 e. The van der Waals surface area contributed by atoms with Crippen LogP contribution in [0.1, 0.15) is 205 Å². The van der Waals surface area contributed by atoms with Crippen LogP contribution >= 0.6 is 0 Å². The lowest BCUT2D eigenvalue weighted by molar-refractivity contribution is -0.0230. The Morgan fingerprint density at radius 1 is 0.565 bits per heavy atom. The second-order valence-electron chi connectivity index (χ2n) is 15.9. The van der Waals surface area contributed by atoms with Crippen molar-refractivity contribution in [2.45, 2.75) is 190 Å². The van der Waals surface area contributed by atoms with Gasteiger partial charge in [0, 0.05) is 62.1 Å². The Balaban J connectivity index is -0.000000112. The van der Waals surface area contributed by atoms with Crippen LogP contribution < -0.4 is 22.1 Å². The second-order valence-corrected chi connectivity index (χ2v) is 15.9. The first kappa shape index (κ1) is 97.1. The third-order valence-electron chi connectivity index (χ3n) is 7.82. The van der Waals surface area contributed by atoms with E-state index in [0.29, 0.717) is 5.95 Å². The summed E-state index contributed by atoms with van der Waals surface area (Å²) in [6.07, 6.45) is 13.4. The highest BCUT2D eigenvalue weighted by molar-refractivity contribution is 6.04. The molecular weight excluding hydrogens is 1050 g/mol. The quantitative estimate of drug-likeness (QED) is 0.0321. The molecule has 12 heteroatoms. The molecule has 5 aromatic carbocycles. The maximum absolute atomic E-state index is 11.4. The van der Waals surface area contributed by atoms with E-state index >= 15 is 0 Å². The first-order chi connectivity index (χ1) is 41.2. The van der Waals surface area contributed by atoms with E-state index in [1.807, 2.05) is 300 Å². The minimum atomic E-state index is 0.0364. The van der Waals surface area contributed by atoms with E-state index in [9.17, 15) is 9.59 Å². The molecule has 0 radical (unpaired) electrons. The topological polar surface area (TPSA) is 164 Å². The van der Waals surface area contributed by atoms with Crippen molar-refractivity contribution in [1.29, 1.82) is 0 Å². The second kappa shape index (κ2) is 83.5. The number of carbonyl (C=O) groups is 2. The zero-order valence-corrected chi connectivity index (χ0v) is 59.2. The first-order valence-corrected chi connectivity index (χ1v) is 31.4. The molecule has 1 unspecified atom stereocenters. The number of carbonyl (C=O) groups excluding carboxylic acids is 2. The molecule has 1 atom stereocenters. The number of aromatic nitrogens is 2. The molecule has 1 saturated carbocycles. The van der Waals surface area contributed by atoms with Crippen LogP contribution in [0.5, 0.6) is 0 Å². The molecule has 12 nitrogen and oxygen atoms in total.